The first-order chi connectivity index (χ1) is 12.7. The summed E-state index contributed by atoms with van der Waals surface area (Å²) in [6.45, 7) is 0. The lowest BCUT2D eigenvalue weighted by Gasteiger charge is -1.99. The van der Waals surface area contributed by atoms with E-state index in [-0.39, 0.29) is 5.43 Å². The van der Waals surface area contributed by atoms with E-state index in [1.165, 1.54) is 0 Å². The summed E-state index contributed by atoms with van der Waals surface area (Å²) in [4.78, 5) is 21.8. The molecule has 0 bridgehead atoms. The monoisotopic (exact) mass is 400 g/mol. The fraction of sp³-hybridized carbons (Fsp3) is 0. The first-order valence-electron chi connectivity index (χ1n) is 8.32. The molecule has 0 saturated heterocycles. The maximum atomic E-state index is 13.5. The maximum absolute atomic E-state index is 13.5. The number of nitrogens with one attached hydrogen (secondary N) is 1. The molecule has 2 heterocycles. The van der Waals surface area contributed by atoms with Gasteiger partial charge < -0.3 is 4.98 Å². The number of halogens is 1. The number of hydrogen-bond acceptors (Lipinski definition) is 2. The number of nitrogens with zero attached hydrogens (tertiary/aromatic N) is 1. The third kappa shape index (κ3) is 2.26. The average Bonchev–Trinajstić information content (AvgIpc) is 2.95. The number of benzene rings is 3. The molecule has 0 unspecified atom stereocenters. The Labute approximate surface area is 157 Å². The standard InChI is InChI=1S/C22H13BrN2O/c23-14-10-11-16-18(12-14)25-20-15-8-4-5-9-17(15)24-21(20)19(22(16)26)13-6-2-1-3-7-13/h1-12,24H. The number of aromatic amines is 1. The SMILES string of the molecule is O=c1c(-c2ccccc2)c2[nH]c3ccccc3c2nc2cc(Br)ccc12. The van der Waals surface area contributed by atoms with Crippen LogP contribution >= 0.6 is 15.9 Å². The molecule has 4 heteroatoms. The Hall–Kier alpha value is -2.98. The molecule has 5 rings (SSSR count). The minimum Gasteiger partial charge on any atom is -0.353 e. The van der Waals surface area contributed by atoms with Gasteiger partial charge in [0, 0.05) is 20.8 Å². The van der Waals surface area contributed by atoms with Crippen molar-refractivity contribution in [3.8, 4) is 11.1 Å². The molecule has 0 spiro atoms. The quantitative estimate of drug-likeness (QED) is 0.394. The Morgan fingerprint density at radius 2 is 1.62 bits per heavy atom. The van der Waals surface area contributed by atoms with Crippen LogP contribution in [0.1, 0.15) is 0 Å². The van der Waals surface area contributed by atoms with E-state index in [0.29, 0.717) is 16.5 Å². The van der Waals surface area contributed by atoms with Gasteiger partial charge in [-0.1, -0.05) is 64.5 Å². The highest BCUT2D eigenvalue weighted by molar-refractivity contribution is 9.10. The predicted octanol–water partition coefficient (Wildman–Crippen LogP) is 5.66. The van der Waals surface area contributed by atoms with Crippen molar-refractivity contribution in [1.82, 2.24) is 9.97 Å². The van der Waals surface area contributed by atoms with Crippen molar-refractivity contribution in [2.45, 2.75) is 0 Å². The highest BCUT2D eigenvalue weighted by Gasteiger charge is 2.15. The molecule has 0 fully saturated rings. The Morgan fingerprint density at radius 3 is 2.46 bits per heavy atom. The fourth-order valence-corrected chi connectivity index (χ4v) is 3.81. The van der Waals surface area contributed by atoms with Gasteiger partial charge in [-0.2, -0.15) is 0 Å². The third-order valence-corrected chi connectivity index (χ3v) is 5.15. The van der Waals surface area contributed by atoms with Gasteiger partial charge in [-0.3, -0.25) is 4.79 Å². The van der Waals surface area contributed by atoms with Crippen molar-refractivity contribution in [1.29, 1.82) is 0 Å². The Morgan fingerprint density at radius 1 is 0.846 bits per heavy atom. The van der Waals surface area contributed by atoms with E-state index in [4.69, 9.17) is 4.98 Å². The van der Waals surface area contributed by atoms with Crippen LogP contribution in [0.25, 0.3) is 44.0 Å². The van der Waals surface area contributed by atoms with Gasteiger partial charge in [0.15, 0.2) is 5.43 Å². The number of fused-ring (bicyclic) bond motifs is 4. The van der Waals surface area contributed by atoms with Crippen LogP contribution in [0.3, 0.4) is 0 Å². The van der Waals surface area contributed by atoms with Gasteiger partial charge in [0.05, 0.1) is 22.1 Å². The Bertz CT molecular complexity index is 1360. The number of aromatic nitrogens is 2. The summed E-state index contributed by atoms with van der Waals surface area (Å²) >= 11 is 3.49. The number of hydrogen-bond donors (Lipinski definition) is 1. The van der Waals surface area contributed by atoms with Gasteiger partial charge >= 0.3 is 0 Å². The van der Waals surface area contributed by atoms with Crippen LogP contribution in [-0.2, 0) is 0 Å². The van der Waals surface area contributed by atoms with Gasteiger partial charge in [0.1, 0.15) is 0 Å². The fourth-order valence-electron chi connectivity index (χ4n) is 3.46. The topological polar surface area (TPSA) is 45.8 Å². The molecule has 2 aromatic heterocycles. The molecule has 0 aliphatic carbocycles. The van der Waals surface area contributed by atoms with E-state index in [2.05, 4.69) is 20.9 Å². The molecule has 1 N–H and O–H groups in total. The lowest BCUT2D eigenvalue weighted by molar-refractivity contribution is 1.51. The van der Waals surface area contributed by atoms with Crippen molar-refractivity contribution in [3.63, 3.8) is 0 Å². The molecule has 0 saturated carbocycles. The van der Waals surface area contributed by atoms with Gasteiger partial charge in [0.25, 0.3) is 0 Å². The molecule has 3 aromatic carbocycles. The van der Waals surface area contributed by atoms with Crippen molar-refractivity contribution < 1.29 is 0 Å². The molecule has 0 aliphatic rings. The van der Waals surface area contributed by atoms with Crippen LogP contribution in [0.15, 0.2) is 82.1 Å². The maximum Gasteiger partial charge on any atom is 0.197 e. The molecule has 0 amide bonds. The smallest absolute Gasteiger partial charge is 0.197 e. The van der Waals surface area contributed by atoms with Crippen molar-refractivity contribution in [2.24, 2.45) is 0 Å². The van der Waals surface area contributed by atoms with Gasteiger partial charge in [-0.05, 0) is 29.8 Å². The molecule has 5 aromatic rings. The van der Waals surface area contributed by atoms with E-state index in [1.54, 1.807) is 0 Å². The van der Waals surface area contributed by atoms with Crippen LogP contribution in [-0.4, -0.2) is 9.97 Å². The second-order valence-electron chi connectivity index (χ2n) is 6.24. The normalized spacial score (nSPS) is 11.4. The summed E-state index contributed by atoms with van der Waals surface area (Å²) in [5, 5.41) is 1.62. The zero-order valence-corrected chi connectivity index (χ0v) is 15.2. The van der Waals surface area contributed by atoms with Crippen molar-refractivity contribution in [3.05, 3.63) is 87.5 Å². The summed E-state index contributed by atoms with van der Waals surface area (Å²) < 4.78 is 0.900. The zero-order valence-electron chi connectivity index (χ0n) is 13.7. The zero-order chi connectivity index (χ0) is 17.7. The largest absolute Gasteiger partial charge is 0.353 e. The molecule has 0 radical (unpaired) electrons. The van der Waals surface area contributed by atoms with Gasteiger partial charge in [-0.25, -0.2) is 4.98 Å². The Balaban J connectivity index is 2.11. The summed E-state index contributed by atoms with van der Waals surface area (Å²) in [5.41, 5.74) is 4.76. The van der Waals surface area contributed by atoms with E-state index in [0.717, 1.165) is 32.0 Å². The summed E-state index contributed by atoms with van der Waals surface area (Å²) in [7, 11) is 0. The van der Waals surface area contributed by atoms with Crippen LogP contribution in [0.5, 0.6) is 0 Å². The first-order valence-corrected chi connectivity index (χ1v) is 9.11. The average molecular weight is 401 g/mol. The molecular weight excluding hydrogens is 388 g/mol. The number of H-pyrrole nitrogens is 1. The van der Waals surface area contributed by atoms with Crippen molar-refractivity contribution >= 4 is 48.8 Å². The van der Waals surface area contributed by atoms with Crippen LogP contribution in [0, 0.1) is 0 Å². The number of para-hydroxylation sites is 1. The van der Waals surface area contributed by atoms with Crippen LogP contribution in [0.4, 0.5) is 0 Å². The minimum absolute atomic E-state index is 0.0206. The van der Waals surface area contributed by atoms with Gasteiger partial charge in [0.2, 0.25) is 0 Å². The third-order valence-electron chi connectivity index (χ3n) is 4.65. The summed E-state index contributed by atoms with van der Waals surface area (Å²) in [6.07, 6.45) is 0. The molecule has 0 aliphatic heterocycles. The van der Waals surface area contributed by atoms with E-state index >= 15 is 0 Å². The highest BCUT2D eigenvalue weighted by Crippen LogP contribution is 2.31. The van der Waals surface area contributed by atoms with E-state index in [1.807, 2.05) is 72.8 Å². The van der Waals surface area contributed by atoms with E-state index < -0.39 is 0 Å². The van der Waals surface area contributed by atoms with Gasteiger partial charge in [-0.15, -0.1) is 0 Å². The first kappa shape index (κ1) is 15.3. The van der Waals surface area contributed by atoms with Crippen LogP contribution < -0.4 is 5.43 Å². The minimum atomic E-state index is -0.0206. The summed E-state index contributed by atoms with van der Waals surface area (Å²) in [6, 6.07) is 23.4. The lowest BCUT2D eigenvalue weighted by Crippen LogP contribution is -2.02. The number of rotatable bonds is 1. The predicted molar refractivity (Wildman–Crippen MR) is 111 cm³/mol. The van der Waals surface area contributed by atoms with Crippen LogP contribution in [0.2, 0.25) is 0 Å². The van der Waals surface area contributed by atoms with E-state index in [9.17, 15) is 4.79 Å². The van der Waals surface area contributed by atoms with Crippen molar-refractivity contribution in [2.75, 3.05) is 0 Å². The molecule has 26 heavy (non-hydrogen) atoms. The molecule has 3 nitrogen and oxygen atoms in total. The summed E-state index contributed by atoms with van der Waals surface area (Å²) in [5.74, 6) is 0. The highest BCUT2D eigenvalue weighted by atomic mass is 79.9. The molecule has 0 atom stereocenters. The Kier molecular flexibility index (Phi) is 3.40. The molecular formula is C22H13BrN2O. The second kappa shape index (κ2) is 5.78. The molecule has 124 valence electrons. The second-order valence-corrected chi connectivity index (χ2v) is 7.15. The lowest BCUT2D eigenvalue weighted by atomic mass is 10.0.